The van der Waals surface area contributed by atoms with Crippen molar-refractivity contribution in [2.75, 3.05) is 18.6 Å². The molecule has 0 atom stereocenters. The van der Waals surface area contributed by atoms with Crippen LogP contribution in [0.15, 0.2) is 42.6 Å². The molecule has 4 rings (SSSR count). The summed E-state index contributed by atoms with van der Waals surface area (Å²) in [5, 5.41) is 0.792. The molecule has 7 heteroatoms. The SMILES string of the molecule is CCOC(=O)N(C)c1c2c(c(C)c3ncccc13)C(=O)N(Cc1ccc(F)cc1)C2. The van der Waals surface area contributed by atoms with Gasteiger partial charge in [-0.2, -0.15) is 0 Å². The first kappa shape index (κ1) is 19.8. The van der Waals surface area contributed by atoms with E-state index in [1.807, 2.05) is 19.1 Å². The molecule has 154 valence electrons. The molecule has 0 aliphatic carbocycles. The van der Waals surface area contributed by atoms with E-state index in [4.69, 9.17) is 4.74 Å². The molecule has 6 nitrogen and oxygen atoms in total. The molecule has 0 saturated heterocycles. The number of carbonyl (C=O) groups excluding carboxylic acids is 2. The van der Waals surface area contributed by atoms with Crippen LogP contribution in [0.4, 0.5) is 14.9 Å². The van der Waals surface area contributed by atoms with Crippen molar-refractivity contribution in [2.24, 2.45) is 0 Å². The van der Waals surface area contributed by atoms with Gasteiger partial charge in [0, 0.05) is 37.3 Å². The van der Waals surface area contributed by atoms with Crippen LogP contribution in [0.2, 0.25) is 0 Å². The van der Waals surface area contributed by atoms with Gasteiger partial charge in [-0.05, 0) is 49.2 Å². The van der Waals surface area contributed by atoms with Crippen LogP contribution in [0.1, 0.15) is 34.0 Å². The Morgan fingerprint density at radius 1 is 1.27 bits per heavy atom. The summed E-state index contributed by atoms with van der Waals surface area (Å²) in [5.74, 6) is -0.445. The van der Waals surface area contributed by atoms with Gasteiger partial charge in [-0.1, -0.05) is 12.1 Å². The van der Waals surface area contributed by atoms with Crippen LogP contribution in [0.5, 0.6) is 0 Å². The summed E-state index contributed by atoms with van der Waals surface area (Å²) in [6.45, 7) is 4.57. The zero-order valence-corrected chi connectivity index (χ0v) is 17.1. The Hall–Kier alpha value is -3.48. The monoisotopic (exact) mass is 407 g/mol. The number of hydrogen-bond acceptors (Lipinski definition) is 4. The Morgan fingerprint density at radius 3 is 2.70 bits per heavy atom. The molecule has 2 aromatic carbocycles. The minimum atomic E-state index is -0.488. The van der Waals surface area contributed by atoms with Crippen LogP contribution < -0.4 is 4.90 Å². The first-order valence-corrected chi connectivity index (χ1v) is 9.76. The molecule has 1 aliphatic rings. The van der Waals surface area contributed by atoms with Crippen LogP contribution in [0.3, 0.4) is 0 Å². The van der Waals surface area contributed by atoms with E-state index < -0.39 is 6.09 Å². The second kappa shape index (κ2) is 7.74. The Balaban J connectivity index is 1.83. The number of fused-ring (bicyclic) bond motifs is 2. The number of nitrogens with zero attached hydrogens (tertiary/aromatic N) is 3. The van der Waals surface area contributed by atoms with E-state index >= 15 is 0 Å². The highest BCUT2D eigenvalue weighted by atomic mass is 19.1. The first-order chi connectivity index (χ1) is 14.4. The largest absolute Gasteiger partial charge is 0.449 e. The zero-order valence-electron chi connectivity index (χ0n) is 17.1. The standard InChI is InChI=1S/C23H22FN3O3/c1-4-30-23(29)26(3)21-17-6-5-11-25-20(17)14(2)19-18(21)13-27(22(19)28)12-15-7-9-16(24)10-8-15/h5-11H,4,12-13H2,1-3H3. The van der Waals surface area contributed by atoms with Gasteiger partial charge in [0.25, 0.3) is 5.91 Å². The van der Waals surface area contributed by atoms with Gasteiger partial charge in [0.15, 0.2) is 0 Å². The maximum Gasteiger partial charge on any atom is 0.414 e. The molecule has 0 radical (unpaired) electrons. The highest BCUT2D eigenvalue weighted by Crippen LogP contribution is 2.40. The van der Waals surface area contributed by atoms with Gasteiger partial charge < -0.3 is 9.64 Å². The normalized spacial score (nSPS) is 12.9. The van der Waals surface area contributed by atoms with Crippen molar-refractivity contribution in [3.05, 3.63) is 70.7 Å². The van der Waals surface area contributed by atoms with Crippen LogP contribution in [-0.4, -0.2) is 35.5 Å². The van der Waals surface area contributed by atoms with Crippen LogP contribution >= 0.6 is 0 Å². The Bertz CT molecular complexity index is 1140. The molecule has 0 spiro atoms. The quantitative estimate of drug-likeness (QED) is 0.642. The van der Waals surface area contributed by atoms with Crippen molar-refractivity contribution < 1.29 is 18.7 Å². The van der Waals surface area contributed by atoms with Gasteiger partial charge in [0.1, 0.15) is 5.82 Å². The third-order valence-electron chi connectivity index (χ3n) is 5.39. The van der Waals surface area contributed by atoms with Crippen molar-refractivity contribution in [1.82, 2.24) is 9.88 Å². The summed E-state index contributed by atoms with van der Waals surface area (Å²) in [5.41, 5.74) is 4.27. The van der Waals surface area contributed by atoms with E-state index in [0.29, 0.717) is 29.9 Å². The highest BCUT2D eigenvalue weighted by molar-refractivity contribution is 6.11. The summed E-state index contributed by atoms with van der Waals surface area (Å²) in [6.07, 6.45) is 1.18. The number of aromatic nitrogens is 1. The number of amides is 2. The number of hydrogen-bond donors (Lipinski definition) is 0. The minimum absolute atomic E-state index is 0.127. The van der Waals surface area contributed by atoms with Gasteiger partial charge in [-0.3, -0.25) is 14.7 Å². The molecule has 0 bridgehead atoms. The van der Waals surface area contributed by atoms with E-state index in [-0.39, 0.29) is 18.3 Å². The molecule has 1 aliphatic heterocycles. The lowest BCUT2D eigenvalue weighted by atomic mass is 9.96. The Labute approximate surface area is 173 Å². The molecule has 2 heterocycles. The summed E-state index contributed by atoms with van der Waals surface area (Å²) in [6, 6.07) is 9.81. The minimum Gasteiger partial charge on any atom is -0.449 e. The number of benzene rings is 2. The van der Waals surface area contributed by atoms with Crippen molar-refractivity contribution in [3.8, 4) is 0 Å². The fourth-order valence-electron chi connectivity index (χ4n) is 4.02. The Kier molecular flexibility index (Phi) is 5.11. The summed E-state index contributed by atoms with van der Waals surface area (Å²) in [7, 11) is 1.64. The van der Waals surface area contributed by atoms with E-state index in [0.717, 1.165) is 22.1 Å². The molecule has 1 aromatic heterocycles. The molecule has 0 N–H and O–H groups in total. The third kappa shape index (κ3) is 3.26. The molecule has 0 unspecified atom stereocenters. The average molecular weight is 407 g/mol. The fourth-order valence-corrected chi connectivity index (χ4v) is 4.02. The number of halogens is 1. The first-order valence-electron chi connectivity index (χ1n) is 9.76. The number of carbonyl (C=O) groups is 2. The molecule has 0 saturated carbocycles. The smallest absolute Gasteiger partial charge is 0.414 e. The number of aryl methyl sites for hydroxylation is 1. The summed E-state index contributed by atoms with van der Waals surface area (Å²) < 4.78 is 18.4. The zero-order chi connectivity index (χ0) is 21.4. The van der Waals surface area contributed by atoms with Crippen molar-refractivity contribution in [2.45, 2.75) is 26.9 Å². The lowest BCUT2D eigenvalue weighted by molar-refractivity contribution is 0.0766. The van der Waals surface area contributed by atoms with Crippen molar-refractivity contribution >= 4 is 28.6 Å². The predicted molar refractivity (Wildman–Crippen MR) is 112 cm³/mol. The lowest BCUT2D eigenvalue weighted by Crippen LogP contribution is -2.28. The maximum absolute atomic E-state index is 13.3. The maximum atomic E-state index is 13.3. The van der Waals surface area contributed by atoms with Gasteiger partial charge >= 0.3 is 6.09 Å². The van der Waals surface area contributed by atoms with Crippen LogP contribution in [-0.2, 0) is 17.8 Å². The third-order valence-corrected chi connectivity index (χ3v) is 5.39. The second-order valence-corrected chi connectivity index (χ2v) is 7.27. The summed E-state index contributed by atoms with van der Waals surface area (Å²) in [4.78, 5) is 33.4. The van der Waals surface area contributed by atoms with E-state index in [1.165, 1.54) is 17.0 Å². The molecular weight excluding hydrogens is 385 g/mol. The molecule has 30 heavy (non-hydrogen) atoms. The highest BCUT2D eigenvalue weighted by Gasteiger charge is 2.35. The van der Waals surface area contributed by atoms with E-state index in [1.54, 1.807) is 37.2 Å². The second-order valence-electron chi connectivity index (χ2n) is 7.27. The average Bonchev–Trinajstić information content (AvgIpc) is 3.06. The number of ether oxygens (including phenoxy) is 1. The lowest BCUT2D eigenvalue weighted by Gasteiger charge is -2.22. The van der Waals surface area contributed by atoms with E-state index in [9.17, 15) is 14.0 Å². The van der Waals surface area contributed by atoms with Crippen LogP contribution in [0.25, 0.3) is 10.9 Å². The topological polar surface area (TPSA) is 62.7 Å². The van der Waals surface area contributed by atoms with E-state index in [2.05, 4.69) is 4.98 Å². The number of pyridine rings is 1. The molecular formula is C23H22FN3O3. The molecule has 3 aromatic rings. The summed E-state index contributed by atoms with van der Waals surface area (Å²) >= 11 is 0. The Morgan fingerprint density at radius 2 is 2.00 bits per heavy atom. The van der Waals surface area contributed by atoms with Crippen molar-refractivity contribution in [3.63, 3.8) is 0 Å². The van der Waals surface area contributed by atoms with Gasteiger partial charge in [-0.25, -0.2) is 9.18 Å². The molecule has 0 fully saturated rings. The number of rotatable bonds is 4. The van der Waals surface area contributed by atoms with Crippen LogP contribution in [0, 0.1) is 12.7 Å². The predicted octanol–water partition coefficient (Wildman–Crippen LogP) is 4.43. The fraction of sp³-hybridized carbons (Fsp3) is 0.261. The van der Waals surface area contributed by atoms with Gasteiger partial charge in [0.2, 0.25) is 0 Å². The van der Waals surface area contributed by atoms with Gasteiger partial charge in [-0.15, -0.1) is 0 Å². The molecule has 2 amide bonds. The van der Waals surface area contributed by atoms with Gasteiger partial charge in [0.05, 0.1) is 23.4 Å². The number of anilines is 1. The van der Waals surface area contributed by atoms with Crippen molar-refractivity contribution in [1.29, 1.82) is 0 Å².